The van der Waals surface area contributed by atoms with E-state index < -0.39 is 0 Å². The van der Waals surface area contributed by atoms with Crippen LogP contribution < -0.4 is 5.32 Å². The molecule has 1 saturated heterocycles. The molecule has 0 aromatic carbocycles. The van der Waals surface area contributed by atoms with Crippen molar-refractivity contribution in [3.63, 3.8) is 0 Å². The first kappa shape index (κ1) is 14.0. The number of hydrogen-bond acceptors (Lipinski definition) is 4. The van der Waals surface area contributed by atoms with Crippen molar-refractivity contribution in [2.75, 3.05) is 33.2 Å². The molecule has 0 radical (unpaired) electrons. The van der Waals surface area contributed by atoms with Crippen LogP contribution in [0.1, 0.15) is 23.3 Å². The van der Waals surface area contributed by atoms with E-state index in [1.165, 1.54) is 10.4 Å². The quantitative estimate of drug-likeness (QED) is 0.913. The van der Waals surface area contributed by atoms with E-state index in [1.54, 1.807) is 0 Å². The van der Waals surface area contributed by atoms with Crippen LogP contribution in [0.2, 0.25) is 0 Å². The number of nitrogens with zero attached hydrogens (tertiary/aromatic N) is 2. The highest BCUT2D eigenvalue weighted by molar-refractivity contribution is 7.10. The number of nitrogens with one attached hydrogen (secondary N) is 1. The van der Waals surface area contributed by atoms with Crippen LogP contribution in [0.15, 0.2) is 11.4 Å². The second kappa shape index (κ2) is 6.24. The number of fused-ring (bicyclic) bond motifs is 1. The minimum atomic E-state index is 0.251. The third-order valence-electron chi connectivity index (χ3n) is 4.42. The molecule has 2 aliphatic rings. The molecule has 1 amide bonds. The van der Waals surface area contributed by atoms with Gasteiger partial charge in [-0.2, -0.15) is 0 Å². The Balaban J connectivity index is 1.46. The van der Waals surface area contributed by atoms with Gasteiger partial charge in [0.1, 0.15) is 0 Å². The SMILES string of the molecule is CN1CCC(NCC(=O)N2CCc3sccc3C2)CC1. The minimum Gasteiger partial charge on any atom is -0.337 e. The lowest BCUT2D eigenvalue weighted by Crippen LogP contribution is -2.46. The van der Waals surface area contributed by atoms with Crippen LogP contribution in [-0.2, 0) is 17.8 Å². The highest BCUT2D eigenvalue weighted by Gasteiger charge is 2.22. The molecule has 5 heteroatoms. The summed E-state index contributed by atoms with van der Waals surface area (Å²) in [6, 6.07) is 2.67. The first-order valence-corrected chi connectivity index (χ1v) is 8.35. The number of hydrogen-bond donors (Lipinski definition) is 1. The topological polar surface area (TPSA) is 35.6 Å². The molecule has 1 fully saturated rings. The van der Waals surface area contributed by atoms with Crippen molar-refractivity contribution in [1.29, 1.82) is 0 Å². The number of rotatable bonds is 3. The van der Waals surface area contributed by atoms with Crippen molar-refractivity contribution in [3.8, 4) is 0 Å². The van der Waals surface area contributed by atoms with E-state index in [0.717, 1.165) is 45.4 Å². The van der Waals surface area contributed by atoms with Crippen molar-refractivity contribution in [3.05, 3.63) is 21.9 Å². The van der Waals surface area contributed by atoms with Gasteiger partial charge in [-0.25, -0.2) is 0 Å². The number of amides is 1. The molecule has 2 aliphatic heterocycles. The highest BCUT2D eigenvalue weighted by Crippen LogP contribution is 2.23. The molecule has 1 N–H and O–H groups in total. The number of carbonyl (C=O) groups excluding carboxylic acids is 1. The molecule has 0 atom stereocenters. The summed E-state index contributed by atoms with van der Waals surface area (Å²) in [7, 11) is 2.16. The highest BCUT2D eigenvalue weighted by atomic mass is 32.1. The van der Waals surface area contributed by atoms with Crippen molar-refractivity contribution in [2.45, 2.75) is 31.8 Å². The maximum Gasteiger partial charge on any atom is 0.236 e. The van der Waals surface area contributed by atoms with E-state index in [0.29, 0.717) is 12.6 Å². The molecule has 3 heterocycles. The van der Waals surface area contributed by atoms with Gasteiger partial charge in [0.25, 0.3) is 0 Å². The average Bonchev–Trinajstić information content (AvgIpc) is 2.93. The average molecular weight is 293 g/mol. The summed E-state index contributed by atoms with van der Waals surface area (Å²) >= 11 is 1.82. The zero-order valence-corrected chi connectivity index (χ0v) is 12.9. The molecule has 20 heavy (non-hydrogen) atoms. The monoisotopic (exact) mass is 293 g/mol. The Labute approximate surface area is 124 Å². The molecule has 110 valence electrons. The molecule has 4 nitrogen and oxygen atoms in total. The molecule has 0 spiro atoms. The van der Waals surface area contributed by atoms with Crippen molar-refractivity contribution in [1.82, 2.24) is 15.1 Å². The van der Waals surface area contributed by atoms with Gasteiger partial charge in [0.15, 0.2) is 0 Å². The van der Waals surface area contributed by atoms with Gasteiger partial charge in [0.05, 0.1) is 6.54 Å². The molecular formula is C15H23N3OS. The Hall–Kier alpha value is -0.910. The number of piperidine rings is 1. The van der Waals surface area contributed by atoms with Crippen LogP contribution in [0.3, 0.4) is 0 Å². The number of carbonyl (C=O) groups is 1. The Morgan fingerprint density at radius 2 is 2.20 bits per heavy atom. The fourth-order valence-electron chi connectivity index (χ4n) is 3.02. The normalized spacial score (nSPS) is 20.9. The zero-order chi connectivity index (χ0) is 13.9. The maximum atomic E-state index is 12.3. The van der Waals surface area contributed by atoms with Gasteiger partial charge in [-0.1, -0.05) is 0 Å². The van der Waals surface area contributed by atoms with Crippen molar-refractivity contribution >= 4 is 17.2 Å². The lowest BCUT2D eigenvalue weighted by atomic mass is 10.1. The fraction of sp³-hybridized carbons (Fsp3) is 0.667. The third-order valence-corrected chi connectivity index (χ3v) is 5.44. The van der Waals surface area contributed by atoms with E-state index in [9.17, 15) is 4.79 Å². The van der Waals surface area contributed by atoms with Crippen LogP contribution in [0.25, 0.3) is 0 Å². The molecule has 0 saturated carbocycles. The Morgan fingerprint density at radius 1 is 1.40 bits per heavy atom. The summed E-state index contributed by atoms with van der Waals surface area (Å²) < 4.78 is 0. The number of likely N-dealkylation sites (tertiary alicyclic amines) is 1. The molecule has 0 aliphatic carbocycles. The molecular weight excluding hydrogens is 270 g/mol. The van der Waals surface area contributed by atoms with Crippen LogP contribution >= 0.6 is 11.3 Å². The first-order chi connectivity index (χ1) is 9.72. The Kier molecular flexibility index (Phi) is 4.38. The van der Waals surface area contributed by atoms with E-state index in [-0.39, 0.29) is 5.91 Å². The summed E-state index contributed by atoms with van der Waals surface area (Å²) in [5, 5.41) is 5.58. The largest absolute Gasteiger partial charge is 0.337 e. The summed E-state index contributed by atoms with van der Waals surface area (Å²) in [6.07, 6.45) is 3.32. The molecule has 3 rings (SSSR count). The Bertz CT molecular complexity index is 465. The van der Waals surface area contributed by atoms with Gasteiger partial charge in [-0.3, -0.25) is 4.79 Å². The second-order valence-electron chi connectivity index (χ2n) is 5.89. The van der Waals surface area contributed by atoms with Crippen molar-refractivity contribution < 1.29 is 4.79 Å². The number of thiophene rings is 1. The predicted octanol–water partition coefficient (Wildman–Crippen LogP) is 1.32. The van der Waals surface area contributed by atoms with Gasteiger partial charge >= 0.3 is 0 Å². The van der Waals surface area contributed by atoms with E-state index >= 15 is 0 Å². The third kappa shape index (κ3) is 3.22. The maximum absolute atomic E-state index is 12.3. The summed E-state index contributed by atoms with van der Waals surface area (Å²) in [6.45, 7) is 4.43. The van der Waals surface area contributed by atoms with E-state index in [4.69, 9.17) is 0 Å². The van der Waals surface area contributed by atoms with Gasteiger partial charge in [-0.15, -0.1) is 11.3 Å². The Morgan fingerprint density at radius 3 is 3.00 bits per heavy atom. The molecule has 0 unspecified atom stereocenters. The lowest BCUT2D eigenvalue weighted by molar-refractivity contribution is -0.131. The minimum absolute atomic E-state index is 0.251. The van der Waals surface area contributed by atoms with Gasteiger partial charge in [0.2, 0.25) is 5.91 Å². The van der Waals surface area contributed by atoms with Crippen LogP contribution in [0, 0.1) is 0 Å². The van der Waals surface area contributed by atoms with Crippen LogP contribution in [0.4, 0.5) is 0 Å². The summed E-state index contributed by atoms with van der Waals surface area (Å²) in [5.41, 5.74) is 1.34. The molecule has 1 aromatic heterocycles. The van der Waals surface area contributed by atoms with Gasteiger partial charge < -0.3 is 15.1 Å². The molecule has 1 aromatic rings. The predicted molar refractivity (Wildman–Crippen MR) is 82.0 cm³/mol. The molecule has 0 bridgehead atoms. The lowest BCUT2D eigenvalue weighted by Gasteiger charge is -2.31. The van der Waals surface area contributed by atoms with E-state index in [2.05, 4.69) is 28.7 Å². The standard InChI is InChI=1S/C15H23N3OS/c1-17-6-2-13(3-7-17)16-10-15(19)18-8-4-14-12(11-18)5-9-20-14/h5,9,13,16H,2-4,6-8,10-11H2,1H3. The van der Waals surface area contributed by atoms with Gasteiger partial charge in [0, 0.05) is 24.0 Å². The van der Waals surface area contributed by atoms with E-state index in [1.807, 2.05) is 16.2 Å². The van der Waals surface area contributed by atoms with Crippen LogP contribution in [0.5, 0.6) is 0 Å². The van der Waals surface area contributed by atoms with Gasteiger partial charge in [-0.05, 0) is 56.4 Å². The smallest absolute Gasteiger partial charge is 0.236 e. The second-order valence-corrected chi connectivity index (χ2v) is 6.89. The zero-order valence-electron chi connectivity index (χ0n) is 12.1. The summed E-state index contributed by atoms with van der Waals surface area (Å²) in [5.74, 6) is 0.251. The fourth-order valence-corrected chi connectivity index (χ4v) is 3.91. The van der Waals surface area contributed by atoms with Crippen molar-refractivity contribution in [2.24, 2.45) is 0 Å². The first-order valence-electron chi connectivity index (χ1n) is 7.47. The van der Waals surface area contributed by atoms with Crippen LogP contribution in [-0.4, -0.2) is 55.0 Å². The summed E-state index contributed by atoms with van der Waals surface area (Å²) in [4.78, 5) is 18.1.